The fraction of sp³-hybridized carbons (Fsp3) is 0.286. The van der Waals surface area contributed by atoms with Gasteiger partial charge in [-0.2, -0.15) is 0 Å². The van der Waals surface area contributed by atoms with Crippen LogP contribution in [-0.2, 0) is 34.5 Å². The Hall–Kier alpha value is -1.25. The smallest absolute Gasteiger partial charge is 0.247 e. The van der Waals surface area contributed by atoms with Crippen molar-refractivity contribution in [3.63, 3.8) is 0 Å². The van der Waals surface area contributed by atoms with Gasteiger partial charge in [0.2, 0.25) is 10.0 Å². The highest BCUT2D eigenvalue weighted by Crippen LogP contribution is 2.21. The molecular formula is C14H18N2O3S2. The van der Waals surface area contributed by atoms with E-state index in [4.69, 9.17) is 9.88 Å². The summed E-state index contributed by atoms with van der Waals surface area (Å²) in [4.78, 5) is 0. The number of nitrogens with one attached hydrogen (secondary N) is 1. The molecule has 1 aromatic heterocycles. The highest BCUT2D eigenvalue weighted by Gasteiger charge is 2.14. The number of thiophene rings is 1. The van der Waals surface area contributed by atoms with E-state index in [0.29, 0.717) is 25.3 Å². The van der Waals surface area contributed by atoms with Crippen molar-refractivity contribution in [3.8, 4) is 0 Å². The van der Waals surface area contributed by atoms with E-state index in [1.54, 1.807) is 18.6 Å². The molecule has 2 aromatic rings. The van der Waals surface area contributed by atoms with E-state index in [1.807, 2.05) is 18.2 Å². The lowest BCUT2D eigenvalue weighted by molar-refractivity contribution is 0.185. The Bertz CT molecular complexity index is 696. The van der Waals surface area contributed by atoms with Crippen LogP contribution >= 0.6 is 11.3 Å². The molecule has 0 aliphatic rings. The van der Waals surface area contributed by atoms with Crippen LogP contribution in [-0.4, -0.2) is 15.5 Å². The summed E-state index contributed by atoms with van der Waals surface area (Å²) in [6, 6.07) is 9.83. The molecule has 0 unspecified atom stereocenters. The molecule has 0 bridgehead atoms. The second-order valence-electron chi connectivity index (χ2n) is 4.63. The zero-order valence-electron chi connectivity index (χ0n) is 11.7. The van der Waals surface area contributed by atoms with Crippen LogP contribution in [0.15, 0.2) is 39.9 Å². The van der Waals surface area contributed by atoms with Gasteiger partial charge in [0, 0.05) is 20.2 Å². The van der Waals surface area contributed by atoms with Gasteiger partial charge in [-0.25, -0.2) is 13.6 Å². The van der Waals surface area contributed by atoms with Crippen LogP contribution in [0.1, 0.15) is 16.7 Å². The van der Waals surface area contributed by atoms with Gasteiger partial charge in [0.05, 0.1) is 6.61 Å². The summed E-state index contributed by atoms with van der Waals surface area (Å²) in [7, 11) is -1.97. The standard InChI is InChI=1S/C14H18N2O3S2/c1-19-10-12-4-2-3-11(7-12)8-16-9-13-5-6-20-14(13)21(15,17)18/h2-7,16H,8-10H2,1H3,(H2,15,17,18). The average Bonchev–Trinajstić information content (AvgIpc) is 2.88. The normalized spacial score (nSPS) is 11.7. The van der Waals surface area contributed by atoms with E-state index in [0.717, 1.165) is 22.5 Å². The lowest BCUT2D eigenvalue weighted by Gasteiger charge is -2.07. The van der Waals surface area contributed by atoms with Gasteiger partial charge in [-0.3, -0.25) is 0 Å². The lowest BCUT2D eigenvalue weighted by Crippen LogP contribution is -2.17. The Morgan fingerprint density at radius 3 is 2.71 bits per heavy atom. The zero-order chi connectivity index (χ0) is 15.3. The molecule has 114 valence electrons. The highest BCUT2D eigenvalue weighted by atomic mass is 32.2. The number of rotatable bonds is 7. The van der Waals surface area contributed by atoms with Gasteiger partial charge in [-0.05, 0) is 28.1 Å². The molecule has 0 aliphatic heterocycles. The average molecular weight is 326 g/mol. The minimum atomic E-state index is -3.64. The molecule has 0 spiro atoms. The topological polar surface area (TPSA) is 81.4 Å². The fourth-order valence-electron chi connectivity index (χ4n) is 2.04. The summed E-state index contributed by atoms with van der Waals surface area (Å²) < 4.78 is 28.1. The molecule has 7 heteroatoms. The molecule has 1 heterocycles. The van der Waals surface area contributed by atoms with Crippen LogP contribution in [0, 0.1) is 0 Å². The first-order valence-corrected chi connectivity index (χ1v) is 8.80. The molecule has 0 fully saturated rings. The number of nitrogens with two attached hydrogens (primary N) is 1. The van der Waals surface area contributed by atoms with Gasteiger partial charge in [0.25, 0.3) is 0 Å². The molecule has 0 aliphatic carbocycles. The van der Waals surface area contributed by atoms with Crippen molar-refractivity contribution >= 4 is 21.4 Å². The van der Waals surface area contributed by atoms with Crippen LogP contribution in [0.25, 0.3) is 0 Å². The van der Waals surface area contributed by atoms with Crippen molar-refractivity contribution in [1.29, 1.82) is 0 Å². The molecule has 0 saturated carbocycles. The molecule has 21 heavy (non-hydrogen) atoms. The summed E-state index contributed by atoms with van der Waals surface area (Å²) in [6.45, 7) is 1.69. The Balaban J connectivity index is 1.96. The van der Waals surface area contributed by atoms with Crippen LogP contribution in [0.4, 0.5) is 0 Å². The number of primary sulfonamides is 1. The van der Waals surface area contributed by atoms with Crippen LogP contribution in [0.2, 0.25) is 0 Å². The first-order chi connectivity index (χ1) is 10.0. The Morgan fingerprint density at radius 2 is 2.00 bits per heavy atom. The maximum absolute atomic E-state index is 11.4. The maximum atomic E-state index is 11.4. The molecule has 3 N–H and O–H groups in total. The Kier molecular flexibility index (Phi) is 5.49. The Morgan fingerprint density at radius 1 is 1.24 bits per heavy atom. The molecule has 0 saturated heterocycles. The molecule has 1 aromatic carbocycles. The third-order valence-corrected chi connectivity index (χ3v) is 5.42. The minimum absolute atomic E-state index is 0.225. The summed E-state index contributed by atoms with van der Waals surface area (Å²) in [5, 5.41) is 10.1. The quantitative estimate of drug-likeness (QED) is 0.813. The van der Waals surface area contributed by atoms with E-state index in [-0.39, 0.29) is 4.21 Å². The minimum Gasteiger partial charge on any atom is -0.380 e. The number of methoxy groups -OCH3 is 1. The van der Waals surface area contributed by atoms with Crippen LogP contribution in [0.5, 0.6) is 0 Å². The van der Waals surface area contributed by atoms with Crippen LogP contribution in [0.3, 0.4) is 0 Å². The van der Waals surface area contributed by atoms with Crippen molar-refractivity contribution in [2.45, 2.75) is 23.9 Å². The van der Waals surface area contributed by atoms with Crippen molar-refractivity contribution in [2.75, 3.05) is 7.11 Å². The molecule has 0 amide bonds. The van der Waals surface area contributed by atoms with Gasteiger partial charge in [-0.1, -0.05) is 24.3 Å². The summed E-state index contributed by atoms with van der Waals surface area (Å²) >= 11 is 1.14. The van der Waals surface area contributed by atoms with E-state index in [1.165, 1.54) is 0 Å². The molecular weight excluding hydrogens is 308 g/mol. The van der Waals surface area contributed by atoms with E-state index in [2.05, 4.69) is 11.4 Å². The maximum Gasteiger partial charge on any atom is 0.247 e. The zero-order valence-corrected chi connectivity index (χ0v) is 13.3. The monoisotopic (exact) mass is 326 g/mol. The summed E-state index contributed by atoms with van der Waals surface area (Å²) in [5.74, 6) is 0. The third kappa shape index (κ3) is 4.62. The predicted octanol–water partition coefficient (Wildman–Crippen LogP) is 1.83. The molecule has 0 radical (unpaired) electrons. The fourth-order valence-corrected chi connectivity index (χ4v) is 3.90. The van der Waals surface area contributed by atoms with Crippen LogP contribution < -0.4 is 10.5 Å². The van der Waals surface area contributed by atoms with Gasteiger partial charge in [0.1, 0.15) is 4.21 Å². The highest BCUT2D eigenvalue weighted by molar-refractivity contribution is 7.91. The van der Waals surface area contributed by atoms with E-state index >= 15 is 0 Å². The van der Waals surface area contributed by atoms with Gasteiger partial charge >= 0.3 is 0 Å². The second-order valence-corrected chi connectivity index (χ2v) is 7.31. The van der Waals surface area contributed by atoms with Gasteiger partial charge in [0.15, 0.2) is 0 Å². The number of sulfonamides is 1. The number of hydrogen-bond donors (Lipinski definition) is 2. The van der Waals surface area contributed by atoms with Gasteiger partial charge in [-0.15, -0.1) is 11.3 Å². The van der Waals surface area contributed by atoms with Gasteiger partial charge < -0.3 is 10.1 Å². The van der Waals surface area contributed by atoms with Crippen molar-refractivity contribution in [1.82, 2.24) is 5.32 Å². The summed E-state index contributed by atoms with van der Waals surface area (Å²) in [5.41, 5.74) is 2.94. The first kappa shape index (κ1) is 16.1. The largest absolute Gasteiger partial charge is 0.380 e. The Labute approximate surface area is 128 Å². The molecule has 0 atom stereocenters. The van der Waals surface area contributed by atoms with Crippen molar-refractivity contribution in [3.05, 3.63) is 52.4 Å². The third-order valence-electron chi connectivity index (χ3n) is 2.91. The van der Waals surface area contributed by atoms with Crippen molar-refractivity contribution in [2.24, 2.45) is 5.14 Å². The van der Waals surface area contributed by atoms with Crippen molar-refractivity contribution < 1.29 is 13.2 Å². The SMILES string of the molecule is COCc1cccc(CNCc2ccsc2S(N)(=O)=O)c1. The summed E-state index contributed by atoms with van der Waals surface area (Å²) in [6.07, 6.45) is 0. The number of benzene rings is 1. The van der Waals surface area contributed by atoms with E-state index in [9.17, 15) is 8.42 Å². The number of ether oxygens (including phenoxy) is 1. The van der Waals surface area contributed by atoms with E-state index < -0.39 is 10.0 Å². The second kappa shape index (κ2) is 7.15. The first-order valence-electron chi connectivity index (χ1n) is 6.37. The predicted molar refractivity (Wildman–Crippen MR) is 83.4 cm³/mol. The lowest BCUT2D eigenvalue weighted by atomic mass is 10.1. The number of hydrogen-bond acceptors (Lipinski definition) is 5. The molecule has 2 rings (SSSR count). The molecule has 5 nitrogen and oxygen atoms in total.